The van der Waals surface area contributed by atoms with Gasteiger partial charge in [0, 0.05) is 5.69 Å². The molecule has 0 aromatic heterocycles. The second-order valence-corrected chi connectivity index (χ2v) is 8.41. The number of halogens is 2. The minimum Gasteiger partial charge on any atom is -0.483 e. The van der Waals surface area contributed by atoms with Crippen molar-refractivity contribution in [2.75, 3.05) is 18.5 Å². The summed E-state index contributed by atoms with van der Waals surface area (Å²) in [6.45, 7) is 8.15. The molecule has 0 heterocycles. The van der Waals surface area contributed by atoms with Crippen LogP contribution in [-0.2, 0) is 14.9 Å². The van der Waals surface area contributed by atoms with Crippen molar-refractivity contribution in [3.63, 3.8) is 0 Å². The fourth-order valence-corrected chi connectivity index (χ4v) is 3.08. The normalized spacial score (nSPS) is 11.1. The SMILES string of the molecule is CCOC(=O)c1cc(NC(=O)COc2ccc(C(C)(C)C)cc2Br)ccc1Cl. The Morgan fingerprint density at radius 3 is 2.46 bits per heavy atom. The maximum absolute atomic E-state index is 12.2. The van der Waals surface area contributed by atoms with Crippen LogP contribution in [-0.4, -0.2) is 25.1 Å². The van der Waals surface area contributed by atoms with Crippen molar-refractivity contribution in [2.45, 2.75) is 33.1 Å². The number of hydrogen-bond donors (Lipinski definition) is 1. The van der Waals surface area contributed by atoms with Gasteiger partial charge in [0.05, 0.1) is 21.7 Å². The predicted molar refractivity (Wildman–Crippen MR) is 114 cm³/mol. The van der Waals surface area contributed by atoms with Gasteiger partial charge in [0.1, 0.15) is 5.75 Å². The van der Waals surface area contributed by atoms with E-state index >= 15 is 0 Å². The summed E-state index contributed by atoms with van der Waals surface area (Å²) in [5.74, 6) is -0.321. The Labute approximate surface area is 178 Å². The van der Waals surface area contributed by atoms with Crippen LogP contribution < -0.4 is 10.1 Å². The molecule has 0 aliphatic carbocycles. The third kappa shape index (κ3) is 5.97. The molecule has 1 amide bonds. The van der Waals surface area contributed by atoms with E-state index in [9.17, 15) is 9.59 Å². The molecule has 0 bridgehead atoms. The molecule has 5 nitrogen and oxygen atoms in total. The van der Waals surface area contributed by atoms with Crippen LogP contribution >= 0.6 is 27.5 Å². The van der Waals surface area contributed by atoms with E-state index in [-0.39, 0.29) is 35.1 Å². The fourth-order valence-electron chi connectivity index (χ4n) is 2.39. The summed E-state index contributed by atoms with van der Waals surface area (Å²) >= 11 is 9.51. The van der Waals surface area contributed by atoms with E-state index in [0.29, 0.717) is 11.4 Å². The molecule has 2 aromatic rings. The standard InChI is InChI=1S/C21H23BrClNO4/c1-5-27-20(26)15-11-14(7-8-17(15)23)24-19(25)12-28-18-9-6-13(10-16(18)22)21(2,3)4/h6-11H,5,12H2,1-4H3,(H,24,25). The average molecular weight is 469 g/mol. The Balaban J connectivity index is 2.01. The Kier molecular flexibility index (Phi) is 7.49. The molecule has 0 saturated heterocycles. The zero-order valence-electron chi connectivity index (χ0n) is 16.3. The van der Waals surface area contributed by atoms with Crippen molar-refractivity contribution >= 4 is 45.1 Å². The van der Waals surface area contributed by atoms with E-state index in [0.717, 1.165) is 10.0 Å². The van der Waals surface area contributed by atoms with Crippen molar-refractivity contribution in [1.29, 1.82) is 0 Å². The Bertz CT molecular complexity index is 877. The summed E-state index contributed by atoms with van der Waals surface area (Å²) in [7, 11) is 0. The van der Waals surface area contributed by atoms with Gasteiger partial charge in [0.2, 0.25) is 0 Å². The second kappa shape index (κ2) is 9.43. The summed E-state index contributed by atoms with van der Waals surface area (Å²) in [4.78, 5) is 24.1. The first kappa shape index (κ1) is 22.2. The maximum Gasteiger partial charge on any atom is 0.339 e. The third-order valence-electron chi connectivity index (χ3n) is 3.90. The number of esters is 1. The smallest absolute Gasteiger partial charge is 0.339 e. The highest BCUT2D eigenvalue weighted by molar-refractivity contribution is 9.10. The van der Waals surface area contributed by atoms with Gasteiger partial charge < -0.3 is 14.8 Å². The Morgan fingerprint density at radius 1 is 1.14 bits per heavy atom. The summed E-state index contributed by atoms with van der Waals surface area (Å²) in [6.07, 6.45) is 0. The monoisotopic (exact) mass is 467 g/mol. The van der Waals surface area contributed by atoms with Gasteiger partial charge in [0.15, 0.2) is 6.61 Å². The fraction of sp³-hybridized carbons (Fsp3) is 0.333. The molecule has 150 valence electrons. The Morgan fingerprint density at radius 2 is 1.86 bits per heavy atom. The van der Waals surface area contributed by atoms with E-state index < -0.39 is 5.97 Å². The molecule has 0 fully saturated rings. The zero-order chi connectivity index (χ0) is 20.9. The van der Waals surface area contributed by atoms with E-state index in [1.54, 1.807) is 13.0 Å². The van der Waals surface area contributed by atoms with Crippen LogP contribution in [0.4, 0.5) is 5.69 Å². The Hall–Kier alpha value is -2.05. The molecule has 28 heavy (non-hydrogen) atoms. The maximum atomic E-state index is 12.2. The van der Waals surface area contributed by atoms with Crippen molar-refractivity contribution < 1.29 is 19.1 Å². The predicted octanol–water partition coefficient (Wildman–Crippen LogP) is 5.59. The molecule has 2 aromatic carbocycles. The minimum absolute atomic E-state index is 0.0175. The van der Waals surface area contributed by atoms with Crippen LogP contribution in [0.2, 0.25) is 5.02 Å². The molecule has 0 unspecified atom stereocenters. The number of amides is 1. The van der Waals surface area contributed by atoms with Crippen molar-refractivity contribution in [3.05, 3.63) is 57.0 Å². The van der Waals surface area contributed by atoms with E-state index in [1.165, 1.54) is 12.1 Å². The zero-order valence-corrected chi connectivity index (χ0v) is 18.6. The van der Waals surface area contributed by atoms with Crippen LogP contribution in [0.5, 0.6) is 5.75 Å². The summed E-state index contributed by atoms with van der Waals surface area (Å²) in [6, 6.07) is 10.4. The van der Waals surface area contributed by atoms with Crippen LogP contribution in [0.1, 0.15) is 43.6 Å². The topological polar surface area (TPSA) is 64.6 Å². The summed E-state index contributed by atoms with van der Waals surface area (Å²) in [5.41, 5.74) is 1.80. The van der Waals surface area contributed by atoms with Crippen LogP contribution in [0.25, 0.3) is 0 Å². The van der Waals surface area contributed by atoms with Crippen LogP contribution in [0.3, 0.4) is 0 Å². The van der Waals surface area contributed by atoms with Crippen LogP contribution in [0.15, 0.2) is 40.9 Å². The number of hydrogen-bond acceptors (Lipinski definition) is 4. The quantitative estimate of drug-likeness (QED) is 0.561. The number of nitrogens with one attached hydrogen (secondary N) is 1. The van der Waals surface area contributed by atoms with Crippen molar-refractivity contribution in [3.8, 4) is 5.75 Å². The number of carbonyl (C=O) groups is 2. The molecule has 2 rings (SSSR count). The van der Waals surface area contributed by atoms with E-state index in [1.807, 2.05) is 18.2 Å². The molecule has 7 heteroatoms. The molecule has 0 radical (unpaired) electrons. The average Bonchev–Trinajstić information content (AvgIpc) is 2.61. The van der Waals surface area contributed by atoms with Gasteiger partial charge in [-0.2, -0.15) is 0 Å². The highest BCUT2D eigenvalue weighted by Gasteiger charge is 2.16. The summed E-state index contributed by atoms with van der Waals surface area (Å²) in [5, 5.41) is 2.95. The molecule has 0 aliphatic rings. The number of anilines is 1. The van der Waals surface area contributed by atoms with Gasteiger partial charge in [-0.1, -0.05) is 38.4 Å². The van der Waals surface area contributed by atoms with Gasteiger partial charge in [-0.25, -0.2) is 4.79 Å². The van der Waals surface area contributed by atoms with Gasteiger partial charge in [-0.05, 0) is 64.2 Å². The number of ether oxygens (including phenoxy) is 2. The second-order valence-electron chi connectivity index (χ2n) is 7.15. The molecular weight excluding hydrogens is 446 g/mol. The molecule has 1 N–H and O–H groups in total. The summed E-state index contributed by atoms with van der Waals surface area (Å²) < 4.78 is 11.3. The van der Waals surface area contributed by atoms with E-state index in [4.69, 9.17) is 21.1 Å². The van der Waals surface area contributed by atoms with Crippen LogP contribution in [0, 0.1) is 0 Å². The van der Waals surface area contributed by atoms with Gasteiger partial charge in [-0.3, -0.25) is 4.79 Å². The first-order valence-corrected chi connectivity index (χ1v) is 9.98. The highest BCUT2D eigenvalue weighted by atomic mass is 79.9. The number of rotatable bonds is 6. The first-order chi connectivity index (χ1) is 13.1. The first-order valence-electron chi connectivity index (χ1n) is 8.81. The molecule has 0 aliphatic heterocycles. The molecular formula is C21H23BrClNO4. The molecule has 0 atom stereocenters. The van der Waals surface area contributed by atoms with E-state index in [2.05, 4.69) is 42.0 Å². The lowest BCUT2D eigenvalue weighted by molar-refractivity contribution is -0.118. The van der Waals surface area contributed by atoms with Gasteiger partial charge >= 0.3 is 5.97 Å². The van der Waals surface area contributed by atoms with Crippen molar-refractivity contribution in [1.82, 2.24) is 0 Å². The number of benzene rings is 2. The lowest BCUT2D eigenvalue weighted by Gasteiger charge is -2.20. The van der Waals surface area contributed by atoms with Gasteiger partial charge in [-0.15, -0.1) is 0 Å². The largest absolute Gasteiger partial charge is 0.483 e. The van der Waals surface area contributed by atoms with Crippen molar-refractivity contribution in [2.24, 2.45) is 0 Å². The highest BCUT2D eigenvalue weighted by Crippen LogP contribution is 2.31. The molecule has 0 spiro atoms. The molecule has 0 saturated carbocycles. The van der Waals surface area contributed by atoms with Gasteiger partial charge in [0.25, 0.3) is 5.91 Å². The lowest BCUT2D eigenvalue weighted by Crippen LogP contribution is -2.20. The third-order valence-corrected chi connectivity index (χ3v) is 4.85. The number of carbonyl (C=O) groups excluding carboxylic acids is 2. The minimum atomic E-state index is -0.539. The lowest BCUT2D eigenvalue weighted by atomic mass is 9.87.